The largest absolute Gasteiger partial charge is 0.394 e. The molecule has 0 bridgehead atoms. The van der Waals surface area contributed by atoms with Crippen LogP contribution in [0.2, 0.25) is 0 Å². The van der Waals surface area contributed by atoms with E-state index >= 15 is 0 Å². The van der Waals surface area contributed by atoms with Crippen LogP contribution in [0.1, 0.15) is 113 Å². The maximum Gasteiger partial charge on any atom is 0.187 e. The third kappa shape index (κ3) is 10.3. The van der Waals surface area contributed by atoms with Gasteiger partial charge in [-0.25, -0.2) is 0 Å². The molecule has 73 heavy (non-hydrogen) atoms. The molecule has 8 rings (SSSR count). The Labute approximate surface area is 428 Å². The molecule has 4 aliphatic heterocycles. The van der Waals surface area contributed by atoms with Crippen molar-refractivity contribution in [2.75, 3.05) is 26.4 Å². The van der Waals surface area contributed by atoms with E-state index in [1.807, 2.05) is 20.8 Å². The molecule has 4 saturated heterocycles. The average molecular weight is 1050 g/mol. The summed E-state index contributed by atoms with van der Waals surface area (Å²) in [4.78, 5) is 0. The van der Waals surface area contributed by atoms with Crippen molar-refractivity contribution >= 4 is 0 Å². The lowest BCUT2D eigenvalue weighted by Crippen LogP contribution is -2.67. The van der Waals surface area contributed by atoms with Gasteiger partial charge in [-0.3, -0.25) is 0 Å². The minimum absolute atomic E-state index is 0.119. The van der Waals surface area contributed by atoms with Crippen LogP contribution in [-0.2, 0) is 37.9 Å². The minimum atomic E-state index is -1.74. The molecule has 13 N–H and O–H groups in total. The molecule has 28 atom stereocenters. The van der Waals surface area contributed by atoms with Crippen LogP contribution in [0.3, 0.4) is 0 Å². The van der Waals surface area contributed by atoms with E-state index < -0.39 is 141 Å². The van der Waals surface area contributed by atoms with Crippen molar-refractivity contribution in [1.29, 1.82) is 0 Å². The fraction of sp³-hybridized carbons (Fsp3) is 0.962. The van der Waals surface area contributed by atoms with Gasteiger partial charge in [0.25, 0.3) is 0 Å². The molecule has 4 heterocycles. The van der Waals surface area contributed by atoms with Crippen molar-refractivity contribution in [3.8, 4) is 0 Å². The van der Waals surface area contributed by atoms with Gasteiger partial charge in [0.2, 0.25) is 0 Å². The van der Waals surface area contributed by atoms with Crippen molar-refractivity contribution < 1.29 is 104 Å². The molecule has 0 radical (unpaired) electrons. The number of allylic oxidation sites excluding steroid dienone is 2. The monoisotopic (exact) mass is 1050 g/mol. The first-order valence-electron chi connectivity index (χ1n) is 26.7. The lowest BCUT2D eigenvalue weighted by atomic mass is 9.35. The molecule has 422 valence electrons. The number of aliphatic hydroxyl groups excluding tert-OH is 13. The first-order valence-corrected chi connectivity index (χ1v) is 26.7. The summed E-state index contributed by atoms with van der Waals surface area (Å²) in [5.41, 5.74) is -1.15. The number of fused-ring (bicyclic) bond motifs is 5. The molecule has 0 aromatic heterocycles. The summed E-state index contributed by atoms with van der Waals surface area (Å²) in [5.74, 6) is -0.186. The molecule has 8 aliphatic rings. The molecule has 1 unspecified atom stereocenters. The highest BCUT2D eigenvalue weighted by Gasteiger charge is 2.72. The Morgan fingerprint density at radius 1 is 0.603 bits per heavy atom. The maximum absolute atomic E-state index is 12.7. The Bertz CT molecular complexity index is 1890. The van der Waals surface area contributed by atoms with Crippen molar-refractivity contribution in [2.45, 2.75) is 242 Å². The second-order valence-corrected chi connectivity index (χ2v) is 24.8. The van der Waals surface area contributed by atoms with E-state index in [2.05, 4.69) is 40.7 Å². The van der Waals surface area contributed by atoms with E-state index in [-0.39, 0.29) is 59.2 Å². The average Bonchev–Trinajstić information content (AvgIpc) is 3.72. The van der Waals surface area contributed by atoms with Crippen molar-refractivity contribution in [3.05, 3.63) is 11.6 Å². The molecular formula is C52H88O21. The third-order valence-electron chi connectivity index (χ3n) is 20.1. The number of rotatable bonds is 14. The van der Waals surface area contributed by atoms with Crippen LogP contribution in [0.25, 0.3) is 0 Å². The first kappa shape index (κ1) is 58.1. The van der Waals surface area contributed by atoms with E-state index in [4.69, 9.17) is 37.9 Å². The third-order valence-corrected chi connectivity index (χ3v) is 20.1. The Kier molecular flexibility index (Phi) is 17.4. The number of ether oxygens (including phenoxy) is 8. The van der Waals surface area contributed by atoms with Gasteiger partial charge in [-0.1, -0.05) is 46.3 Å². The van der Waals surface area contributed by atoms with E-state index in [1.165, 1.54) is 0 Å². The van der Waals surface area contributed by atoms with E-state index in [9.17, 15) is 66.4 Å². The van der Waals surface area contributed by atoms with Crippen LogP contribution < -0.4 is 0 Å². The Hall–Kier alpha value is -1.10. The Balaban J connectivity index is 0.965. The second kappa shape index (κ2) is 21.9. The van der Waals surface area contributed by atoms with Gasteiger partial charge in [-0.15, -0.1) is 0 Å². The molecule has 4 saturated carbocycles. The maximum atomic E-state index is 12.7. The summed E-state index contributed by atoms with van der Waals surface area (Å²) in [5, 5.41) is 141. The van der Waals surface area contributed by atoms with Gasteiger partial charge < -0.3 is 104 Å². The fourth-order valence-electron chi connectivity index (χ4n) is 15.7. The summed E-state index contributed by atoms with van der Waals surface area (Å²) in [6, 6.07) is 0. The number of hydrogen-bond donors (Lipinski definition) is 13. The van der Waals surface area contributed by atoms with Gasteiger partial charge in [0.1, 0.15) is 85.5 Å². The number of aliphatic hydroxyl groups is 13. The van der Waals surface area contributed by atoms with Crippen LogP contribution in [0.4, 0.5) is 0 Å². The summed E-state index contributed by atoms with van der Waals surface area (Å²) < 4.78 is 47.9. The highest BCUT2D eigenvalue weighted by Crippen LogP contribution is 2.76. The smallest absolute Gasteiger partial charge is 0.187 e. The molecule has 21 heteroatoms. The zero-order valence-electron chi connectivity index (χ0n) is 43.7. The highest BCUT2D eigenvalue weighted by atomic mass is 16.7. The lowest BCUT2D eigenvalue weighted by Gasteiger charge is -2.71. The van der Waals surface area contributed by atoms with Crippen LogP contribution in [0.15, 0.2) is 11.6 Å². The van der Waals surface area contributed by atoms with E-state index in [0.717, 1.165) is 31.3 Å². The Morgan fingerprint density at radius 3 is 1.88 bits per heavy atom. The predicted octanol–water partition coefficient (Wildman–Crippen LogP) is -0.924. The molecule has 8 fully saturated rings. The van der Waals surface area contributed by atoms with Crippen LogP contribution in [0.5, 0.6) is 0 Å². The summed E-state index contributed by atoms with van der Waals surface area (Å²) >= 11 is 0. The Morgan fingerprint density at radius 2 is 1.21 bits per heavy atom. The molecule has 0 aromatic carbocycles. The molecule has 21 nitrogen and oxygen atoms in total. The minimum Gasteiger partial charge on any atom is -0.394 e. The van der Waals surface area contributed by atoms with Gasteiger partial charge in [0.15, 0.2) is 25.2 Å². The van der Waals surface area contributed by atoms with Crippen molar-refractivity contribution in [2.24, 2.45) is 45.3 Å². The van der Waals surface area contributed by atoms with Crippen LogP contribution in [0, 0.1) is 45.3 Å². The second-order valence-electron chi connectivity index (χ2n) is 24.8. The zero-order chi connectivity index (χ0) is 53.5. The van der Waals surface area contributed by atoms with Gasteiger partial charge in [-0.2, -0.15) is 0 Å². The summed E-state index contributed by atoms with van der Waals surface area (Å²) in [6.07, 6.45) is -19.4. The zero-order valence-corrected chi connectivity index (χ0v) is 43.7. The van der Waals surface area contributed by atoms with E-state index in [1.54, 1.807) is 0 Å². The molecule has 0 aromatic rings. The normalized spacial score (nSPS) is 52.8. The summed E-state index contributed by atoms with van der Waals surface area (Å²) in [6.45, 7) is 15.7. The van der Waals surface area contributed by atoms with Gasteiger partial charge in [0.05, 0.1) is 44.2 Å². The highest BCUT2D eigenvalue weighted by molar-refractivity contribution is 5.20. The van der Waals surface area contributed by atoms with Crippen molar-refractivity contribution in [3.63, 3.8) is 0 Å². The van der Waals surface area contributed by atoms with Crippen LogP contribution in [-0.4, -0.2) is 221 Å². The number of hydrogen-bond acceptors (Lipinski definition) is 21. The van der Waals surface area contributed by atoms with Gasteiger partial charge in [-0.05, 0) is 124 Å². The summed E-state index contributed by atoms with van der Waals surface area (Å²) in [7, 11) is 0. The van der Waals surface area contributed by atoms with Gasteiger partial charge >= 0.3 is 0 Å². The SMILES string of the molecule is CC(C)=CCC[C@](C)(O[C@@H]1O[C@H](CO[C@@H]2OC[C@@H](O[C@@H]3OC[C@@H](O)[C@H](O)[C@H]3O)[C@H](O)[C@H]2O)[C@@H](O)[C@H](O)[C@H]1O)[C@H]1CC[C@]2(C)[C@@H]1[C@H](O)C[C@@H]1[C@@]3(C)CC[C@H](O[C@@H]4O[C@H](CO)[C@@H](O)[C@H](O)[C@H]4O)C(C)(C)C3CC[C@]12C. The topological polar surface area (TPSA) is 337 Å². The first-order chi connectivity index (χ1) is 34.1. The van der Waals surface area contributed by atoms with E-state index in [0.29, 0.717) is 32.1 Å². The predicted molar refractivity (Wildman–Crippen MR) is 254 cm³/mol. The molecule has 0 spiro atoms. The standard InChI is InChI=1S/C52H88O21/c1-23(2)10-9-14-52(8,73-47-43(65)39(61)36(58)28(71-47)21-67-44-41(63)37(59)29(22-68-44)70-45-40(62)34(56)26(55)20-66-45)24-11-16-51(7)33(24)25(54)18-31-49(5)15-13-32(48(3,4)30(49)12-17-50(31,51)6)72-46-42(64)38(60)35(57)27(19-53)69-46/h10,24-47,53-65H,9,11-22H2,1-8H3/t24-,25+,26+,27+,28+,29+,30?,31+,32-,33-,34-,35+,36+,37-,38-,39-,40+,41+,42+,43+,44+,45-,46-,47-,49-,50+,51+,52-/m0/s1. The molecule has 0 amide bonds. The van der Waals surface area contributed by atoms with Crippen molar-refractivity contribution in [1.82, 2.24) is 0 Å². The van der Waals surface area contributed by atoms with Crippen LogP contribution >= 0.6 is 0 Å². The fourth-order valence-corrected chi connectivity index (χ4v) is 15.7. The molecule has 4 aliphatic carbocycles. The van der Waals surface area contributed by atoms with Gasteiger partial charge in [0, 0.05) is 0 Å². The molecular weight excluding hydrogens is 961 g/mol. The lowest BCUT2D eigenvalue weighted by molar-refractivity contribution is -0.351. The quantitative estimate of drug-likeness (QED) is 0.0739.